The Kier molecular flexibility index (Phi) is 6.24. The molecule has 32 heavy (non-hydrogen) atoms. The van der Waals surface area contributed by atoms with Crippen LogP contribution in [-0.4, -0.2) is 19.1 Å². The van der Waals surface area contributed by atoms with Crippen molar-refractivity contribution in [3.05, 3.63) is 95.5 Å². The molecule has 160 valence electrons. The number of carbonyl (C=O) groups is 2. The molecule has 0 fully saturated rings. The molecular formula is C25H19ClN2O4. The smallest absolute Gasteiger partial charge is 0.417 e. The number of methoxy groups -OCH3 is 1. The third-order valence-electron chi connectivity index (χ3n) is 4.73. The largest absolute Gasteiger partial charge is 0.495 e. The van der Waals surface area contributed by atoms with E-state index in [-0.39, 0.29) is 11.3 Å². The van der Waals surface area contributed by atoms with Crippen LogP contribution >= 0.6 is 11.6 Å². The van der Waals surface area contributed by atoms with Crippen LogP contribution < -0.4 is 20.1 Å². The Morgan fingerprint density at radius 3 is 2.19 bits per heavy atom. The van der Waals surface area contributed by atoms with E-state index < -0.39 is 12.0 Å². The normalized spacial score (nSPS) is 10.4. The van der Waals surface area contributed by atoms with Gasteiger partial charge >= 0.3 is 6.09 Å². The Labute approximate surface area is 189 Å². The topological polar surface area (TPSA) is 76.7 Å². The number of anilines is 2. The number of hydrogen-bond donors (Lipinski definition) is 2. The third kappa shape index (κ3) is 4.82. The van der Waals surface area contributed by atoms with E-state index in [1.54, 1.807) is 42.5 Å². The van der Waals surface area contributed by atoms with E-state index in [9.17, 15) is 9.59 Å². The second-order valence-corrected chi connectivity index (χ2v) is 7.31. The van der Waals surface area contributed by atoms with Gasteiger partial charge in [0.25, 0.3) is 5.91 Å². The monoisotopic (exact) mass is 446 g/mol. The van der Waals surface area contributed by atoms with Crippen LogP contribution in [0.5, 0.6) is 11.5 Å². The zero-order chi connectivity index (χ0) is 22.5. The van der Waals surface area contributed by atoms with Crippen molar-refractivity contribution in [1.29, 1.82) is 0 Å². The van der Waals surface area contributed by atoms with E-state index in [4.69, 9.17) is 21.1 Å². The predicted molar refractivity (Wildman–Crippen MR) is 126 cm³/mol. The second kappa shape index (κ2) is 9.41. The maximum atomic E-state index is 13.0. The fraction of sp³-hybridized carbons (Fsp3) is 0.0400. The average Bonchev–Trinajstić information content (AvgIpc) is 2.79. The first-order valence-corrected chi connectivity index (χ1v) is 10.1. The van der Waals surface area contributed by atoms with Crippen molar-refractivity contribution in [3.63, 3.8) is 0 Å². The molecule has 0 aromatic heterocycles. The highest BCUT2D eigenvalue weighted by molar-refractivity contribution is 6.31. The van der Waals surface area contributed by atoms with Gasteiger partial charge in [0.05, 0.1) is 18.4 Å². The number of rotatable bonds is 5. The van der Waals surface area contributed by atoms with Crippen LogP contribution in [0.25, 0.3) is 10.8 Å². The molecule has 6 nitrogen and oxygen atoms in total. The lowest BCUT2D eigenvalue weighted by Crippen LogP contribution is -2.20. The van der Waals surface area contributed by atoms with Crippen LogP contribution in [0, 0.1) is 0 Å². The average molecular weight is 447 g/mol. The van der Waals surface area contributed by atoms with Crippen LogP contribution in [0.15, 0.2) is 84.9 Å². The van der Waals surface area contributed by atoms with E-state index in [1.807, 2.05) is 42.5 Å². The molecule has 0 unspecified atom stereocenters. The molecule has 0 saturated carbocycles. The number of ether oxygens (including phenoxy) is 2. The molecule has 4 rings (SSSR count). The highest BCUT2D eigenvalue weighted by atomic mass is 35.5. The van der Waals surface area contributed by atoms with Gasteiger partial charge in [-0.05, 0) is 53.2 Å². The highest BCUT2D eigenvalue weighted by Crippen LogP contribution is 2.30. The van der Waals surface area contributed by atoms with Crippen molar-refractivity contribution < 1.29 is 19.1 Å². The van der Waals surface area contributed by atoms with Crippen LogP contribution in [0.3, 0.4) is 0 Å². The molecule has 0 radical (unpaired) electrons. The summed E-state index contributed by atoms with van der Waals surface area (Å²) < 4.78 is 10.8. The quantitative estimate of drug-likeness (QED) is 0.373. The number of halogens is 1. The number of carbonyl (C=O) groups excluding carboxylic acids is 2. The second-order valence-electron chi connectivity index (χ2n) is 6.87. The van der Waals surface area contributed by atoms with Gasteiger partial charge in [-0.15, -0.1) is 0 Å². The van der Waals surface area contributed by atoms with E-state index >= 15 is 0 Å². The SMILES string of the molecule is COc1ccc(Cl)cc1NC(=O)Oc1cc2ccccc2cc1C(=O)Nc1ccccc1. The maximum absolute atomic E-state index is 13.0. The van der Waals surface area contributed by atoms with Crippen molar-refractivity contribution in [2.45, 2.75) is 0 Å². The van der Waals surface area contributed by atoms with Gasteiger partial charge in [-0.25, -0.2) is 4.79 Å². The van der Waals surface area contributed by atoms with Gasteiger partial charge in [-0.1, -0.05) is 54.1 Å². The van der Waals surface area contributed by atoms with Crippen molar-refractivity contribution in [1.82, 2.24) is 0 Å². The Hall–Kier alpha value is -4.03. The highest BCUT2D eigenvalue weighted by Gasteiger charge is 2.18. The van der Waals surface area contributed by atoms with Crippen LogP contribution in [0.4, 0.5) is 16.2 Å². The number of benzene rings is 4. The molecule has 0 heterocycles. The minimum Gasteiger partial charge on any atom is -0.495 e. The first-order chi connectivity index (χ1) is 15.5. The van der Waals surface area contributed by atoms with E-state index in [2.05, 4.69) is 10.6 Å². The first-order valence-electron chi connectivity index (χ1n) is 9.75. The molecular weight excluding hydrogens is 428 g/mol. The Balaban J connectivity index is 1.65. The zero-order valence-corrected chi connectivity index (χ0v) is 17.8. The van der Waals surface area contributed by atoms with Gasteiger partial charge in [0.1, 0.15) is 11.5 Å². The predicted octanol–water partition coefficient (Wildman–Crippen LogP) is 6.37. The number of amides is 2. The van der Waals surface area contributed by atoms with Gasteiger partial charge in [0, 0.05) is 10.7 Å². The van der Waals surface area contributed by atoms with Gasteiger partial charge in [-0.2, -0.15) is 0 Å². The fourth-order valence-electron chi connectivity index (χ4n) is 3.21. The Morgan fingerprint density at radius 1 is 0.781 bits per heavy atom. The summed E-state index contributed by atoms with van der Waals surface area (Å²) in [4.78, 5) is 25.7. The van der Waals surface area contributed by atoms with Crippen molar-refractivity contribution in [2.24, 2.45) is 0 Å². The van der Waals surface area contributed by atoms with Crippen LogP contribution in [0.2, 0.25) is 5.02 Å². The summed E-state index contributed by atoms with van der Waals surface area (Å²) in [5, 5.41) is 7.53. The van der Waals surface area contributed by atoms with E-state index in [0.717, 1.165) is 10.8 Å². The van der Waals surface area contributed by atoms with Gasteiger partial charge in [0.2, 0.25) is 0 Å². The number of hydrogen-bond acceptors (Lipinski definition) is 4. The molecule has 0 bridgehead atoms. The summed E-state index contributed by atoms with van der Waals surface area (Å²) in [6.07, 6.45) is -0.783. The lowest BCUT2D eigenvalue weighted by molar-refractivity contribution is 0.102. The van der Waals surface area contributed by atoms with E-state index in [1.165, 1.54) is 7.11 Å². The minimum atomic E-state index is -0.783. The summed E-state index contributed by atoms with van der Waals surface area (Å²) in [6, 6.07) is 24.7. The standard InChI is InChI=1S/C25H19ClN2O4/c1-31-22-12-11-18(26)15-21(22)28-25(30)32-23-14-17-8-6-5-7-16(17)13-20(23)24(29)27-19-9-3-2-4-10-19/h2-15H,1H3,(H,27,29)(H,28,30). The molecule has 0 aliphatic rings. The van der Waals surface area contributed by atoms with Crippen molar-refractivity contribution in [2.75, 3.05) is 17.7 Å². The molecule has 4 aromatic rings. The molecule has 2 N–H and O–H groups in total. The maximum Gasteiger partial charge on any atom is 0.417 e. The van der Waals surface area contributed by atoms with Crippen molar-refractivity contribution in [3.8, 4) is 11.5 Å². The molecule has 0 aliphatic carbocycles. The zero-order valence-electron chi connectivity index (χ0n) is 17.1. The molecule has 0 atom stereocenters. The Bertz CT molecular complexity index is 1290. The molecule has 0 aliphatic heterocycles. The van der Waals surface area contributed by atoms with Gasteiger partial charge < -0.3 is 14.8 Å². The first kappa shape index (κ1) is 21.2. The van der Waals surface area contributed by atoms with Crippen LogP contribution in [-0.2, 0) is 0 Å². The van der Waals surface area contributed by atoms with Crippen molar-refractivity contribution >= 4 is 45.7 Å². The summed E-state index contributed by atoms with van der Waals surface area (Å²) in [6.45, 7) is 0. The molecule has 4 aromatic carbocycles. The van der Waals surface area contributed by atoms with Crippen LogP contribution in [0.1, 0.15) is 10.4 Å². The molecule has 7 heteroatoms. The summed E-state index contributed by atoms with van der Waals surface area (Å²) in [5.74, 6) is 0.146. The Morgan fingerprint density at radius 2 is 1.47 bits per heavy atom. The summed E-state index contributed by atoms with van der Waals surface area (Å²) in [7, 11) is 1.48. The molecule has 2 amide bonds. The van der Waals surface area contributed by atoms with E-state index in [0.29, 0.717) is 22.1 Å². The molecule has 0 saturated heterocycles. The number of para-hydroxylation sites is 1. The lowest BCUT2D eigenvalue weighted by atomic mass is 10.1. The summed E-state index contributed by atoms with van der Waals surface area (Å²) >= 11 is 6.03. The fourth-order valence-corrected chi connectivity index (χ4v) is 3.39. The minimum absolute atomic E-state index is 0.121. The third-order valence-corrected chi connectivity index (χ3v) is 4.96. The lowest BCUT2D eigenvalue weighted by Gasteiger charge is -2.14. The number of fused-ring (bicyclic) bond motifs is 1. The van der Waals surface area contributed by atoms with Gasteiger partial charge in [0.15, 0.2) is 0 Å². The molecule has 0 spiro atoms. The van der Waals surface area contributed by atoms with Gasteiger partial charge in [-0.3, -0.25) is 10.1 Å². The summed E-state index contributed by atoms with van der Waals surface area (Å²) in [5.41, 5.74) is 1.20. The number of nitrogens with one attached hydrogen (secondary N) is 2.